The standard InChI is InChI=1S/C11H15N3O2/c1-8-3-2-4-14(6-8)11(16)9-5-12-7-13-10(9)15/h5,7-8H,2-4,6H2,1H3,(H,12,13,15). The van der Waals surface area contributed by atoms with E-state index in [0.29, 0.717) is 5.92 Å². The van der Waals surface area contributed by atoms with Gasteiger partial charge >= 0.3 is 0 Å². The number of aromatic nitrogens is 2. The Kier molecular flexibility index (Phi) is 3.03. The van der Waals surface area contributed by atoms with Crippen molar-refractivity contribution in [2.24, 2.45) is 5.92 Å². The third-order valence-electron chi connectivity index (χ3n) is 2.89. The third-order valence-corrected chi connectivity index (χ3v) is 2.89. The van der Waals surface area contributed by atoms with Crippen LogP contribution in [0.3, 0.4) is 0 Å². The maximum Gasteiger partial charge on any atom is 0.263 e. The van der Waals surface area contributed by atoms with Crippen LogP contribution in [0.2, 0.25) is 0 Å². The van der Waals surface area contributed by atoms with Gasteiger partial charge in [0.2, 0.25) is 0 Å². The highest BCUT2D eigenvalue weighted by Crippen LogP contribution is 2.16. The minimum absolute atomic E-state index is 0.136. The van der Waals surface area contributed by atoms with E-state index in [1.165, 1.54) is 12.5 Å². The summed E-state index contributed by atoms with van der Waals surface area (Å²) in [7, 11) is 0. The Hall–Kier alpha value is -1.65. The van der Waals surface area contributed by atoms with Gasteiger partial charge in [0, 0.05) is 19.3 Å². The molecule has 86 valence electrons. The van der Waals surface area contributed by atoms with Crippen LogP contribution in [0.1, 0.15) is 30.1 Å². The predicted octanol–water partition coefficient (Wildman–Crippen LogP) is 0.642. The number of H-pyrrole nitrogens is 1. The van der Waals surface area contributed by atoms with Crippen LogP contribution >= 0.6 is 0 Å². The lowest BCUT2D eigenvalue weighted by Gasteiger charge is -2.30. The van der Waals surface area contributed by atoms with E-state index in [-0.39, 0.29) is 17.0 Å². The molecule has 1 fully saturated rings. The van der Waals surface area contributed by atoms with Gasteiger partial charge in [0.25, 0.3) is 11.5 Å². The summed E-state index contributed by atoms with van der Waals surface area (Å²) in [5, 5.41) is 0. The number of amides is 1. The molecule has 2 heterocycles. The van der Waals surface area contributed by atoms with Crippen LogP contribution in [0.4, 0.5) is 0 Å². The number of aromatic amines is 1. The number of nitrogens with zero attached hydrogens (tertiary/aromatic N) is 2. The summed E-state index contributed by atoms with van der Waals surface area (Å²) in [6.45, 7) is 3.58. The molecule has 5 heteroatoms. The number of hydrogen-bond acceptors (Lipinski definition) is 3. The first kappa shape index (κ1) is 10.9. The van der Waals surface area contributed by atoms with Gasteiger partial charge in [-0.2, -0.15) is 0 Å². The Morgan fingerprint density at radius 1 is 1.62 bits per heavy atom. The van der Waals surface area contributed by atoms with Crippen molar-refractivity contribution in [1.29, 1.82) is 0 Å². The van der Waals surface area contributed by atoms with E-state index in [0.717, 1.165) is 25.9 Å². The van der Waals surface area contributed by atoms with Crippen LogP contribution in [-0.4, -0.2) is 33.9 Å². The summed E-state index contributed by atoms with van der Waals surface area (Å²) < 4.78 is 0. The van der Waals surface area contributed by atoms with Gasteiger partial charge < -0.3 is 9.88 Å². The van der Waals surface area contributed by atoms with E-state index in [2.05, 4.69) is 16.9 Å². The number of carbonyl (C=O) groups is 1. The quantitative estimate of drug-likeness (QED) is 0.756. The van der Waals surface area contributed by atoms with Crippen molar-refractivity contribution in [3.8, 4) is 0 Å². The zero-order valence-electron chi connectivity index (χ0n) is 9.27. The summed E-state index contributed by atoms with van der Waals surface area (Å²) in [5.74, 6) is 0.300. The Balaban J connectivity index is 2.19. The fraction of sp³-hybridized carbons (Fsp3) is 0.545. The van der Waals surface area contributed by atoms with Gasteiger partial charge in [0.15, 0.2) is 0 Å². The number of rotatable bonds is 1. The molecule has 0 saturated carbocycles. The first-order valence-corrected chi connectivity index (χ1v) is 5.50. The maximum atomic E-state index is 12.0. The molecule has 0 spiro atoms. The van der Waals surface area contributed by atoms with Gasteiger partial charge in [-0.1, -0.05) is 6.92 Å². The summed E-state index contributed by atoms with van der Waals surface area (Å²) in [6.07, 6.45) is 4.77. The topological polar surface area (TPSA) is 66.1 Å². The highest BCUT2D eigenvalue weighted by molar-refractivity contribution is 5.93. The van der Waals surface area contributed by atoms with Gasteiger partial charge in [0.05, 0.1) is 6.33 Å². The Morgan fingerprint density at radius 3 is 3.12 bits per heavy atom. The molecule has 1 N–H and O–H groups in total. The monoisotopic (exact) mass is 221 g/mol. The number of likely N-dealkylation sites (tertiary alicyclic amines) is 1. The van der Waals surface area contributed by atoms with Crippen molar-refractivity contribution in [1.82, 2.24) is 14.9 Å². The zero-order valence-corrected chi connectivity index (χ0v) is 9.27. The molecule has 0 bridgehead atoms. The minimum Gasteiger partial charge on any atom is -0.338 e. The van der Waals surface area contributed by atoms with Gasteiger partial charge in [-0.3, -0.25) is 9.59 Å². The highest BCUT2D eigenvalue weighted by atomic mass is 16.2. The lowest BCUT2D eigenvalue weighted by Crippen LogP contribution is -2.41. The largest absolute Gasteiger partial charge is 0.338 e. The van der Waals surface area contributed by atoms with Crippen molar-refractivity contribution in [2.45, 2.75) is 19.8 Å². The van der Waals surface area contributed by atoms with Crippen molar-refractivity contribution in [3.05, 3.63) is 28.4 Å². The first-order valence-electron chi connectivity index (χ1n) is 5.50. The SMILES string of the molecule is CC1CCCN(C(=O)c2cnc[nH]c2=O)C1. The van der Waals surface area contributed by atoms with Crippen LogP contribution in [0.15, 0.2) is 17.3 Å². The van der Waals surface area contributed by atoms with E-state index in [9.17, 15) is 9.59 Å². The summed E-state index contributed by atoms with van der Waals surface area (Å²) >= 11 is 0. The molecule has 1 saturated heterocycles. The third kappa shape index (κ3) is 2.13. The van der Waals surface area contributed by atoms with E-state index in [1.807, 2.05) is 0 Å². The summed E-state index contributed by atoms with van der Waals surface area (Å²) in [4.78, 5) is 31.4. The normalized spacial score (nSPS) is 20.8. The molecule has 1 aliphatic rings. The molecular formula is C11H15N3O2. The van der Waals surface area contributed by atoms with Crippen molar-refractivity contribution in [3.63, 3.8) is 0 Å². The summed E-state index contributed by atoms with van der Waals surface area (Å²) in [6, 6.07) is 0. The second kappa shape index (κ2) is 4.47. The second-order valence-corrected chi connectivity index (χ2v) is 4.29. The molecule has 1 aromatic heterocycles. The predicted molar refractivity (Wildman–Crippen MR) is 59.2 cm³/mol. The van der Waals surface area contributed by atoms with Crippen molar-refractivity contribution >= 4 is 5.91 Å². The van der Waals surface area contributed by atoms with Gasteiger partial charge in [-0.25, -0.2) is 4.98 Å². The molecule has 0 aliphatic carbocycles. The van der Waals surface area contributed by atoms with Crippen LogP contribution in [-0.2, 0) is 0 Å². The molecular weight excluding hydrogens is 206 g/mol. The molecule has 1 unspecified atom stereocenters. The molecule has 1 amide bonds. The van der Waals surface area contributed by atoms with Gasteiger partial charge in [0.1, 0.15) is 5.56 Å². The Morgan fingerprint density at radius 2 is 2.44 bits per heavy atom. The Bertz CT molecular complexity index is 441. The smallest absolute Gasteiger partial charge is 0.263 e. The van der Waals surface area contributed by atoms with Gasteiger partial charge in [-0.05, 0) is 18.8 Å². The average Bonchev–Trinajstić information content (AvgIpc) is 2.29. The fourth-order valence-electron chi connectivity index (χ4n) is 2.04. The summed E-state index contributed by atoms with van der Waals surface area (Å²) in [5.41, 5.74) is -0.227. The molecule has 5 nitrogen and oxygen atoms in total. The molecule has 2 rings (SSSR count). The molecule has 1 aromatic rings. The molecule has 0 radical (unpaired) electrons. The zero-order chi connectivity index (χ0) is 11.5. The fourth-order valence-corrected chi connectivity index (χ4v) is 2.04. The number of nitrogens with one attached hydrogen (secondary N) is 1. The second-order valence-electron chi connectivity index (χ2n) is 4.29. The van der Waals surface area contributed by atoms with Crippen molar-refractivity contribution < 1.29 is 4.79 Å². The number of hydrogen-bond donors (Lipinski definition) is 1. The van der Waals surface area contributed by atoms with E-state index in [4.69, 9.17) is 0 Å². The molecule has 1 aliphatic heterocycles. The van der Waals surface area contributed by atoms with E-state index < -0.39 is 0 Å². The first-order chi connectivity index (χ1) is 7.68. The van der Waals surface area contributed by atoms with Crippen LogP contribution in [0.5, 0.6) is 0 Å². The number of carbonyl (C=O) groups excluding carboxylic acids is 1. The minimum atomic E-state index is -0.363. The van der Waals surface area contributed by atoms with Gasteiger partial charge in [-0.15, -0.1) is 0 Å². The molecule has 16 heavy (non-hydrogen) atoms. The van der Waals surface area contributed by atoms with Crippen molar-refractivity contribution in [2.75, 3.05) is 13.1 Å². The average molecular weight is 221 g/mol. The number of piperidine rings is 1. The van der Waals surface area contributed by atoms with E-state index in [1.54, 1.807) is 4.90 Å². The Labute approximate surface area is 93.5 Å². The lowest BCUT2D eigenvalue weighted by atomic mass is 10.00. The van der Waals surface area contributed by atoms with Crippen LogP contribution < -0.4 is 5.56 Å². The van der Waals surface area contributed by atoms with Crippen LogP contribution in [0.25, 0.3) is 0 Å². The van der Waals surface area contributed by atoms with Crippen LogP contribution in [0, 0.1) is 5.92 Å². The molecule has 0 aromatic carbocycles. The highest BCUT2D eigenvalue weighted by Gasteiger charge is 2.23. The lowest BCUT2D eigenvalue weighted by molar-refractivity contribution is 0.0680. The van der Waals surface area contributed by atoms with E-state index >= 15 is 0 Å². The molecule has 1 atom stereocenters. The maximum absolute atomic E-state index is 12.0.